The van der Waals surface area contributed by atoms with Crippen molar-refractivity contribution in [2.24, 2.45) is 0 Å². The molecule has 0 aliphatic carbocycles. The van der Waals surface area contributed by atoms with E-state index in [4.69, 9.17) is 14.2 Å². The highest BCUT2D eigenvalue weighted by Crippen LogP contribution is 2.34. The fourth-order valence-electron chi connectivity index (χ4n) is 1.19. The first-order valence-corrected chi connectivity index (χ1v) is 4.94. The molecule has 0 heterocycles. The van der Waals surface area contributed by atoms with E-state index in [1.165, 1.54) is 0 Å². The first-order valence-electron chi connectivity index (χ1n) is 4.15. The average Bonchev–Trinajstić information content (AvgIpc) is 2.14. The monoisotopic (exact) mass is 260 g/mol. The molecule has 0 atom stereocenters. The van der Waals surface area contributed by atoms with Gasteiger partial charge in [0, 0.05) is 11.6 Å². The van der Waals surface area contributed by atoms with Crippen LogP contribution in [0.2, 0.25) is 0 Å². The van der Waals surface area contributed by atoms with Gasteiger partial charge in [0.1, 0.15) is 0 Å². The van der Waals surface area contributed by atoms with Crippen molar-refractivity contribution in [1.82, 2.24) is 0 Å². The highest BCUT2D eigenvalue weighted by molar-refractivity contribution is 9.10. The predicted molar refractivity (Wildman–Crippen MR) is 57.9 cm³/mol. The lowest BCUT2D eigenvalue weighted by Gasteiger charge is -2.12. The summed E-state index contributed by atoms with van der Waals surface area (Å²) in [5.74, 6) is 1.42. The van der Waals surface area contributed by atoms with Gasteiger partial charge in [-0.05, 0) is 24.6 Å². The second-order valence-electron chi connectivity index (χ2n) is 2.80. The molecule has 1 aromatic rings. The van der Waals surface area contributed by atoms with E-state index >= 15 is 0 Å². The summed E-state index contributed by atoms with van der Waals surface area (Å²) in [6.07, 6.45) is 0. The van der Waals surface area contributed by atoms with E-state index in [-0.39, 0.29) is 6.79 Å². The van der Waals surface area contributed by atoms with E-state index in [1.807, 2.05) is 19.1 Å². The van der Waals surface area contributed by atoms with Crippen molar-refractivity contribution < 1.29 is 14.2 Å². The topological polar surface area (TPSA) is 27.7 Å². The van der Waals surface area contributed by atoms with Crippen LogP contribution in [0.1, 0.15) is 5.56 Å². The van der Waals surface area contributed by atoms with Crippen LogP contribution < -0.4 is 9.47 Å². The Bertz CT molecular complexity index is 312. The molecule has 4 heteroatoms. The zero-order valence-corrected chi connectivity index (χ0v) is 10.1. The molecular formula is C10H13BrO3. The number of hydrogen-bond acceptors (Lipinski definition) is 3. The summed E-state index contributed by atoms with van der Waals surface area (Å²) in [4.78, 5) is 0. The van der Waals surface area contributed by atoms with Crippen LogP contribution in [0.25, 0.3) is 0 Å². The van der Waals surface area contributed by atoms with Crippen molar-refractivity contribution in [2.45, 2.75) is 6.92 Å². The van der Waals surface area contributed by atoms with Gasteiger partial charge in [-0.3, -0.25) is 0 Å². The second-order valence-corrected chi connectivity index (χ2v) is 3.72. The van der Waals surface area contributed by atoms with Crippen LogP contribution in [-0.2, 0) is 4.74 Å². The zero-order valence-electron chi connectivity index (χ0n) is 8.46. The smallest absolute Gasteiger partial charge is 0.188 e. The van der Waals surface area contributed by atoms with E-state index in [9.17, 15) is 0 Å². The molecule has 3 nitrogen and oxygen atoms in total. The number of rotatable bonds is 4. The third-order valence-corrected chi connectivity index (χ3v) is 2.20. The Labute approximate surface area is 92.1 Å². The second kappa shape index (κ2) is 5.22. The SMILES string of the molecule is COCOc1cc(Br)cc(C)c1OC. The summed E-state index contributed by atoms with van der Waals surface area (Å²) in [7, 11) is 3.20. The molecule has 0 unspecified atom stereocenters. The van der Waals surface area contributed by atoms with Gasteiger partial charge in [0.05, 0.1) is 7.11 Å². The van der Waals surface area contributed by atoms with Gasteiger partial charge in [0.15, 0.2) is 18.3 Å². The van der Waals surface area contributed by atoms with Crippen LogP contribution in [0.3, 0.4) is 0 Å². The molecule has 0 saturated carbocycles. The lowest BCUT2D eigenvalue weighted by atomic mass is 10.2. The van der Waals surface area contributed by atoms with Gasteiger partial charge in [-0.1, -0.05) is 15.9 Å². The third-order valence-electron chi connectivity index (χ3n) is 1.74. The van der Waals surface area contributed by atoms with E-state index in [1.54, 1.807) is 14.2 Å². The summed E-state index contributed by atoms with van der Waals surface area (Å²) in [6.45, 7) is 2.18. The lowest BCUT2D eigenvalue weighted by molar-refractivity contribution is 0.0490. The summed E-state index contributed by atoms with van der Waals surface area (Å²) in [5.41, 5.74) is 1.02. The van der Waals surface area contributed by atoms with Gasteiger partial charge in [-0.15, -0.1) is 0 Å². The summed E-state index contributed by atoms with van der Waals surface area (Å²) >= 11 is 3.39. The maximum absolute atomic E-state index is 5.36. The third kappa shape index (κ3) is 2.62. The fraction of sp³-hybridized carbons (Fsp3) is 0.400. The summed E-state index contributed by atoms with van der Waals surface area (Å²) in [6, 6.07) is 3.82. The molecule has 1 aromatic carbocycles. The van der Waals surface area contributed by atoms with E-state index in [2.05, 4.69) is 15.9 Å². The molecule has 0 aliphatic rings. The number of halogens is 1. The van der Waals surface area contributed by atoms with Crippen molar-refractivity contribution in [3.63, 3.8) is 0 Å². The Morgan fingerprint density at radius 1 is 1.29 bits per heavy atom. The van der Waals surface area contributed by atoms with E-state index < -0.39 is 0 Å². The highest BCUT2D eigenvalue weighted by Gasteiger charge is 2.08. The largest absolute Gasteiger partial charge is 0.493 e. The Hall–Kier alpha value is -0.740. The van der Waals surface area contributed by atoms with Crippen molar-refractivity contribution >= 4 is 15.9 Å². The van der Waals surface area contributed by atoms with Crippen LogP contribution in [0.5, 0.6) is 11.5 Å². The van der Waals surface area contributed by atoms with Crippen LogP contribution in [-0.4, -0.2) is 21.0 Å². The Kier molecular flexibility index (Phi) is 4.22. The summed E-state index contributed by atoms with van der Waals surface area (Å²) < 4.78 is 16.4. The van der Waals surface area contributed by atoms with Crippen LogP contribution in [0.15, 0.2) is 16.6 Å². The molecule has 78 valence electrons. The molecule has 0 aliphatic heterocycles. The molecule has 0 amide bonds. The van der Waals surface area contributed by atoms with Crippen molar-refractivity contribution in [3.8, 4) is 11.5 Å². The van der Waals surface area contributed by atoms with Gasteiger partial charge in [-0.25, -0.2) is 0 Å². The number of hydrogen-bond donors (Lipinski definition) is 0. The van der Waals surface area contributed by atoms with Gasteiger partial charge in [0.25, 0.3) is 0 Å². The predicted octanol–water partition coefficient (Wildman–Crippen LogP) is 2.75. The van der Waals surface area contributed by atoms with Gasteiger partial charge < -0.3 is 14.2 Å². The van der Waals surface area contributed by atoms with Crippen molar-refractivity contribution in [2.75, 3.05) is 21.0 Å². The molecule has 1 rings (SSSR count). The van der Waals surface area contributed by atoms with Crippen LogP contribution in [0, 0.1) is 6.92 Å². The molecule has 0 saturated heterocycles. The van der Waals surface area contributed by atoms with Gasteiger partial charge >= 0.3 is 0 Å². The van der Waals surface area contributed by atoms with Crippen molar-refractivity contribution in [3.05, 3.63) is 22.2 Å². The maximum atomic E-state index is 5.36. The molecule has 0 fully saturated rings. The normalized spacial score (nSPS) is 10.0. The number of benzene rings is 1. The molecule has 0 aromatic heterocycles. The molecular weight excluding hydrogens is 248 g/mol. The number of methoxy groups -OCH3 is 2. The quantitative estimate of drug-likeness (QED) is 0.780. The standard InChI is InChI=1S/C10H13BrO3/c1-7-4-8(11)5-9(10(7)13-3)14-6-12-2/h4-5H,6H2,1-3H3. The molecule has 14 heavy (non-hydrogen) atoms. The average molecular weight is 261 g/mol. The van der Waals surface area contributed by atoms with Gasteiger partial charge in [0.2, 0.25) is 0 Å². The minimum atomic E-state index is 0.215. The zero-order chi connectivity index (χ0) is 10.6. The first kappa shape index (κ1) is 11.3. The molecule has 0 spiro atoms. The lowest BCUT2D eigenvalue weighted by Crippen LogP contribution is -2.01. The Morgan fingerprint density at radius 2 is 2.00 bits per heavy atom. The first-order chi connectivity index (χ1) is 6.69. The highest BCUT2D eigenvalue weighted by atomic mass is 79.9. The number of aryl methyl sites for hydroxylation is 1. The maximum Gasteiger partial charge on any atom is 0.188 e. The molecule has 0 radical (unpaired) electrons. The number of ether oxygens (including phenoxy) is 3. The molecule has 0 bridgehead atoms. The van der Waals surface area contributed by atoms with Crippen molar-refractivity contribution in [1.29, 1.82) is 0 Å². The summed E-state index contributed by atoms with van der Waals surface area (Å²) in [5, 5.41) is 0. The Morgan fingerprint density at radius 3 is 2.57 bits per heavy atom. The van der Waals surface area contributed by atoms with E-state index in [0.29, 0.717) is 5.75 Å². The van der Waals surface area contributed by atoms with Gasteiger partial charge in [-0.2, -0.15) is 0 Å². The minimum Gasteiger partial charge on any atom is -0.493 e. The van der Waals surface area contributed by atoms with Crippen LogP contribution >= 0.6 is 15.9 Å². The van der Waals surface area contributed by atoms with E-state index in [0.717, 1.165) is 15.8 Å². The fourth-order valence-corrected chi connectivity index (χ4v) is 1.74. The van der Waals surface area contributed by atoms with Crippen LogP contribution in [0.4, 0.5) is 0 Å². The Balaban J connectivity index is 2.99. The molecule has 0 N–H and O–H groups in total. The minimum absolute atomic E-state index is 0.215.